The van der Waals surface area contributed by atoms with Gasteiger partial charge in [0.2, 0.25) is 5.91 Å². The number of benzene rings is 1. The maximum atomic E-state index is 13.2. The third-order valence-electron chi connectivity index (χ3n) is 2.19. The van der Waals surface area contributed by atoms with Crippen molar-refractivity contribution in [2.24, 2.45) is 0 Å². The summed E-state index contributed by atoms with van der Waals surface area (Å²) in [7, 11) is 0. The first-order valence-electron chi connectivity index (χ1n) is 5.23. The number of halogens is 1. The van der Waals surface area contributed by atoms with Crippen LogP contribution in [0.2, 0.25) is 0 Å². The van der Waals surface area contributed by atoms with Crippen molar-refractivity contribution in [3.63, 3.8) is 0 Å². The lowest BCUT2D eigenvalue weighted by atomic mass is 10.2. The van der Waals surface area contributed by atoms with Crippen LogP contribution >= 0.6 is 11.8 Å². The van der Waals surface area contributed by atoms with Gasteiger partial charge in [0.15, 0.2) is 0 Å². The van der Waals surface area contributed by atoms with Gasteiger partial charge in [-0.15, -0.1) is 0 Å². The Morgan fingerprint density at radius 1 is 1.44 bits per heavy atom. The highest BCUT2D eigenvalue weighted by Gasteiger charge is 2.03. The van der Waals surface area contributed by atoms with Crippen molar-refractivity contribution in [1.29, 1.82) is 0 Å². The minimum Gasteiger partial charge on any atom is -0.352 e. The van der Waals surface area contributed by atoms with Gasteiger partial charge in [-0.1, -0.05) is 18.2 Å². The Hall–Kier alpha value is -1.03. The summed E-state index contributed by atoms with van der Waals surface area (Å²) in [5, 5.41) is 2.71. The van der Waals surface area contributed by atoms with Crippen LogP contribution in [0.4, 0.5) is 4.39 Å². The molecule has 88 valence electrons. The van der Waals surface area contributed by atoms with Crippen LogP contribution in [0.1, 0.15) is 18.4 Å². The molecule has 1 rings (SSSR count). The summed E-state index contributed by atoms with van der Waals surface area (Å²) in [4.78, 5) is 11.4. The van der Waals surface area contributed by atoms with Crippen LogP contribution in [-0.2, 0) is 11.3 Å². The number of rotatable bonds is 6. The zero-order chi connectivity index (χ0) is 11.8. The van der Waals surface area contributed by atoms with Crippen LogP contribution in [0.15, 0.2) is 24.3 Å². The Kier molecular flexibility index (Phi) is 5.93. The fourth-order valence-electron chi connectivity index (χ4n) is 1.30. The summed E-state index contributed by atoms with van der Waals surface area (Å²) < 4.78 is 13.2. The van der Waals surface area contributed by atoms with Crippen LogP contribution in [0.3, 0.4) is 0 Å². The highest BCUT2D eigenvalue weighted by atomic mass is 32.2. The maximum Gasteiger partial charge on any atom is 0.220 e. The predicted molar refractivity (Wildman–Crippen MR) is 65.9 cm³/mol. The summed E-state index contributed by atoms with van der Waals surface area (Å²) >= 11 is 1.72. The van der Waals surface area contributed by atoms with Gasteiger partial charge < -0.3 is 5.32 Å². The standard InChI is InChI=1S/C12H16FNOS/c1-16-8-4-7-12(15)14-9-10-5-2-3-6-11(10)13/h2-3,5-6H,4,7-9H2,1H3,(H,14,15). The first-order chi connectivity index (χ1) is 7.74. The second-order valence-electron chi connectivity index (χ2n) is 3.46. The molecule has 0 saturated heterocycles. The lowest BCUT2D eigenvalue weighted by molar-refractivity contribution is -0.121. The molecule has 1 N–H and O–H groups in total. The molecular formula is C12H16FNOS. The van der Waals surface area contributed by atoms with Gasteiger partial charge in [-0.25, -0.2) is 4.39 Å². The SMILES string of the molecule is CSCCCC(=O)NCc1ccccc1F. The number of hydrogen-bond acceptors (Lipinski definition) is 2. The van der Waals surface area contributed by atoms with Gasteiger partial charge in [-0.05, 0) is 24.5 Å². The third-order valence-corrected chi connectivity index (χ3v) is 2.88. The first-order valence-corrected chi connectivity index (χ1v) is 6.62. The van der Waals surface area contributed by atoms with Gasteiger partial charge in [0.05, 0.1) is 0 Å². The Bertz CT molecular complexity index is 344. The first kappa shape index (κ1) is 13.0. The summed E-state index contributed by atoms with van der Waals surface area (Å²) in [6, 6.07) is 6.48. The van der Waals surface area contributed by atoms with Gasteiger partial charge in [0, 0.05) is 18.5 Å². The Morgan fingerprint density at radius 2 is 2.19 bits per heavy atom. The molecule has 0 unspecified atom stereocenters. The summed E-state index contributed by atoms with van der Waals surface area (Å²) in [5.74, 6) is 0.692. The molecule has 1 aromatic rings. The Labute approximate surface area is 99.6 Å². The normalized spacial score (nSPS) is 10.1. The molecule has 4 heteroatoms. The average Bonchev–Trinajstić information content (AvgIpc) is 2.28. The second kappa shape index (κ2) is 7.28. The molecule has 1 aromatic carbocycles. The number of amides is 1. The van der Waals surface area contributed by atoms with Crippen molar-refractivity contribution in [2.75, 3.05) is 12.0 Å². The Morgan fingerprint density at radius 3 is 2.88 bits per heavy atom. The number of carbonyl (C=O) groups excluding carboxylic acids is 1. The Balaban J connectivity index is 2.29. The molecule has 2 nitrogen and oxygen atoms in total. The highest BCUT2D eigenvalue weighted by molar-refractivity contribution is 7.98. The molecule has 0 aliphatic carbocycles. The number of nitrogens with one attached hydrogen (secondary N) is 1. The van der Waals surface area contributed by atoms with Gasteiger partial charge >= 0.3 is 0 Å². The van der Waals surface area contributed by atoms with E-state index in [4.69, 9.17) is 0 Å². The summed E-state index contributed by atoms with van der Waals surface area (Å²) in [6.07, 6.45) is 3.39. The summed E-state index contributed by atoms with van der Waals surface area (Å²) in [5.41, 5.74) is 0.528. The van der Waals surface area contributed by atoms with Crippen molar-refractivity contribution in [3.8, 4) is 0 Å². The molecule has 0 radical (unpaired) electrons. The van der Waals surface area contributed by atoms with Gasteiger partial charge in [-0.3, -0.25) is 4.79 Å². The van der Waals surface area contributed by atoms with E-state index < -0.39 is 0 Å². The van der Waals surface area contributed by atoms with E-state index in [0.29, 0.717) is 12.0 Å². The molecule has 1 amide bonds. The molecule has 0 spiro atoms. The molecule has 0 fully saturated rings. The lowest BCUT2D eigenvalue weighted by Gasteiger charge is -2.05. The molecule has 0 aliphatic rings. The van der Waals surface area contributed by atoms with Crippen molar-refractivity contribution >= 4 is 17.7 Å². The molecule has 0 heterocycles. The fraction of sp³-hybridized carbons (Fsp3) is 0.417. The van der Waals surface area contributed by atoms with Crippen LogP contribution in [0.5, 0.6) is 0 Å². The van der Waals surface area contributed by atoms with Gasteiger partial charge in [0.1, 0.15) is 5.82 Å². The fourth-order valence-corrected chi connectivity index (χ4v) is 1.73. The van der Waals surface area contributed by atoms with E-state index in [-0.39, 0.29) is 18.3 Å². The average molecular weight is 241 g/mol. The maximum absolute atomic E-state index is 13.2. The van der Waals surface area contributed by atoms with Crippen molar-refractivity contribution in [3.05, 3.63) is 35.6 Å². The van der Waals surface area contributed by atoms with E-state index >= 15 is 0 Å². The molecule has 0 atom stereocenters. The zero-order valence-electron chi connectivity index (χ0n) is 9.33. The van der Waals surface area contributed by atoms with Gasteiger partial charge in [0.25, 0.3) is 0 Å². The van der Waals surface area contributed by atoms with E-state index in [1.807, 2.05) is 6.26 Å². The monoisotopic (exact) mass is 241 g/mol. The largest absolute Gasteiger partial charge is 0.352 e. The van der Waals surface area contributed by atoms with Crippen molar-refractivity contribution in [1.82, 2.24) is 5.32 Å². The second-order valence-corrected chi connectivity index (χ2v) is 4.45. The third kappa shape index (κ3) is 4.66. The topological polar surface area (TPSA) is 29.1 Å². The minimum absolute atomic E-state index is 0.0164. The molecule has 0 aromatic heterocycles. The van der Waals surface area contributed by atoms with Crippen LogP contribution in [0, 0.1) is 5.82 Å². The van der Waals surface area contributed by atoms with Crippen LogP contribution < -0.4 is 5.32 Å². The van der Waals surface area contributed by atoms with E-state index in [2.05, 4.69) is 5.32 Å². The number of hydrogen-bond donors (Lipinski definition) is 1. The number of carbonyl (C=O) groups is 1. The molecule has 0 aliphatic heterocycles. The molecule has 0 saturated carbocycles. The van der Waals surface area contributed by atoms with Crippen molar-refractivity contribution in [2.45, 2.75) is 19.4 Å². The van der Waals surface area contributed by atoms with E-state index in [1.165, 1.54) is 6.07 Å². The summed E-state index contributed by atoms with van der Waals surface area (Å²) in [6.45, 7) is 0.269. The molecular weight excluding hydrogens is 225 g/mol. The predicted octanol–water partition coefficient (Wildman–Crippen LogP) is 2.59. The minimum atomic E-state index is -0.271. The van der Waals surface area contributed by atoms with E-state index in [9.17, 15) is 9.18 Å². The highest BCUT2D eigenvalue weighted by Crippen LogP contribution is 2.06. The number of thioether (sulfide) groups is 1. The zero-order valence-corrected chi connectivity index (χ0v) is 10.1. The van der Waals surface area contributed by atoms with E-state index in [1.54, 1.807) is 30.0 Å². The van der Waals surface area contributed by atoms with Crippen molar-refractivity contribution < 1.29 is 9.18 Å². The smallest absolute Gasteiger partial charge is 0.220 e. The van der Waals surface area contributed by atoms with Gasteiger partial charge in [-0.2, -0.15) is 11.8 Å². The quantitative estimate of drug-likeness (QED) is 0.776. The van der Waals surface area contributed by atoms with Crippen LogP contribution in [0.25, 0.3) is 0 Å². The molecule has 16 heavy (non-hydrogen) atoms. The van der Waals surface area contributed by atoms with E-state index in [0.717, 1.165) is 12.2 Å². The van der Waals surface area contributed by atoms with Crippen LogP contribution in [-0.4, -0.2) is 17.9 Å². The molecule has 0 bridgehead atoms. The lowest BCUT2D eigenvalue weighted by Crippen LogP contribution is -2.23.